The van der Waals surface area contributed by atoms with Gasteiger partial charge in [0.05, 0.1) is 11.9 Å². The maximum Gasteiger partial charge on any atom is 0.0728 e. The van der Waals surface area contributed by atoms with E-state index in [0.717, 1.165) is 11.6 Å². The molecule has 0 saturated heterocycles. The van der Waals surface area contributed by atoms with Gasteiger partial charge >= 0.3 is 0 Å². The van der Waals surface area contributed by atoms with Gasteiger partial charge in [0.2, 0.25) is 0 Å². The normalized spacial score (nSPS) is 13.2. The lowest BCUT2D eigenvalue weighted by Gasteiger charge is -2.14. The van der Waals surface area contributed by atoms with E-state index in [0.29, 0.717) is 6.04 Å². The molecule has 0 saturated carbocycles. The summed E-state index contributed by atoms with van der Waals surface area (Å²) in [7, 11) is 1.93. The molecule has 0 radical (unpaired) electrons. The highest BCUT2D eigenvalue weighted by atomic mass is 15.3. The van der Waals surface area contributed by atoms with Crippen molar-refractivity contribution >= 4 is 5.69 Å². The van der Waals surface area contributed by atoms with Gasteiger partial charge < -0.3 is 5.32 Å². The lowest BCUT2D eigenvalue weighted by atomic mass is 10.0. The number of aryl methyl sites for hydroxylation is 1. The van der Waals surface area contributed by atoms with Crippen LogP contribution in [-0.4, -0.2) is 15.8 Å². The van der Waals surface area contributed by atoms with Gasteiger partial charge in [-0.25, -0.2) is 0 Å². The molecule has 0 aliphatic carbocycles. The average molecular weight is 195 g/mol. The van der Waals surface area contributed by atoms with Gasteiger partial charge in [-0.2, -0.15) is 5.10 Å². The molecule has 1 N–H and O–H groups in total. The predicted molar refractivity (Wildman–Crippen MR) is 60.4 cm³/mol. The van der Waals surface area contributed by atoms with Crippen LogP contribution in [0, 0.1) is 5.92 Å². The van der Waals surface area contributed by atoms with E-state index in [1.54, 1.807) is 0 Å². The highest BCUT2D eigenvalue weighted by Crippen LogP contribution is 2.11. The lowest BCUT2D eigenvalue weighted by molar-refractivity contribution is 0.527. The van der Waals surface area contributed by atoms with Gasteiger partial charge in [-0.15, -0.1) is 0 Å². The summed E-state index contributed by atoms with van der Waals surface area (Å²) < 4.78 is 1.82. The van der Waals surface area contributed by atoms with Crippen LogP contribution in [0.15, 0.2) is 12.4 Å². The molecular formula is C11H21N3. The minimum atomic E-state index is 0.529. The van der Waals surface area contributed by atoms with Crippen molar-refractivity contribution in [1.29, 1.82) is 0 Å². The molecule has 3 nitrogen and oxygen atoms in total. The molecule has 0 aliphatic heterocycles. The van der Waals surface area contributed by atoms with E-state index in [9.17, 15) is 0 Å². The van der Waals surface area contributed by atoms with E-state index in [2.05, 4.69) is 31.2 Å². The first-order valence-corrected chi connectivity index (χ1v) is 5.33. The van der Waals surface area contributed by atoms with Crippen molar-refractivity contribution in [3.63, 3.8) is 0 Å². The second-order valence-corrected chi connectivity index (χ2v) is 4.42. The number of nitrogens with zero attached hydrogens (tertiary/aromatic N) is 2. The number of nitrogens with one attached hydrogen (secondary N) is 1. The van der Waals surface area contributed by atoms with E-state index in [4.69, 9.17) is 0 Å². The van der Waals surface area contributed by atoms with Gasteiger partial charge in [-0.3, -0.25) is 4.68 Å². The van der Waals surface area contributed by atoms with Crippen molar-refractivity contribution in [2.45, 2.75) is 39.7 Å². The molecule has 0 aromatic carbocycles. The number of anilines is 1. The third kappa shape index (κ3) is 3.81. The molecule has 1 aromatic heterocycles. The lowest BCUT2D eigenvalue weighted by Crippen LogP contribution is -2.15. The van der Waals surface area contributed by atoms with E-state index in [1.165, 1.54) is 12.8 Å². The molecule has 0 aliphatic rings. The van der Waals surface area contributed by atoms with Gasteiger partial charge in [0.15, 0.2) is 0 Å². The zero-order valence-corrected chi connectivity index (χ0v) is 9.62. The molecule has 1 rings (SSSR count). The molecule has 3 heteroatoms. The molecule has 1 atom stereocenters. The van der Waals surface area contributed by atoms with Gasteiger partial charge in [0.1, 0.15) is 0 Å². The summed E-state index contributed by atoms with van der Waals surface area (Å²) in [5.74, 6) is 0.785. The van der Waals surface area contributed by atoms with Crippen LogP contribution in [0.1, 0.15) is 33.6 Å². The summed E-state index contributed by atoms with van der Waals surface area (Å²) in [6.07, 6.45) is 6.36. The Hall–Kier alpha value is -0.990. The molecule has 0 bridgehead atoms. The molecular weight excluding hydrogens is 174 g/mol. The fourth-order valence-electron chi connectivity index (χ4n) is 1.44. The molecule has 0 amide bonds. The summed E-state index contributed by atoms with van der Waals surface area (Å²) in [4.78, 5) is 0. The minimum absolute atomic E-state index is 0.529. The summed E-state index contributed by atoms with van der Waals surface area (Å²) >= 11 is 0. The van der Waals surface area contributed by atoms with Crippen LogP contribution in [0.3, 0.4) is 0 Å². The van der Waals surface area contributed by atoms with Crippen LogP contribution < -0.4 is 5.32 Å². The fourth-order valence-corrected chi connectivity index (χ4v) is 1.44. The first-order valence-electron chi connectivity index (χ1n) is 5.33. The third-order valence-corrected chi connectivity index (χ3v) is 2.29. The maximum atomic E-state index is 4.12. The molecule has 14 heavy (non-hydrogen) atoms. The van der Waals surface area contributed by atoms with E-state index in [1.807, 2.05) is 24.1 Å². The van der Waals surface area contributed by atoms with Crippen molar-refractivity contribution in [3.05, 3.63) is 12.4 Å². The topological polar surface area (TPSA) is 29.9 Å². The van der Waals surface area contributed by atoms with Crippen LogP contribution in [0.2, 0.25) is 0 Å². The van der Waals surface area contributed by atoms with Crippen LogP contribution in [0.4, 0.5) is 5.69 Å². The summed E-state index contributed by atoms with van der Waals surface area (Å²) in [6.45, 7) is 6.74. The summed E-state index contributed by atoms with van der Waals surface area (Å²) in [6, 6.07) is 0.529. The highest BCUT2D eigenvalue weighted by molar-refractivity contribution is 5.38. The first-order chi connectivity index (χ1) is 6.58. The van der Waals surface area contributed by atoms with Crippen molar-refractivity contribution in [2.24, 2.45) is 13.0 Å². The second-order valence-electron chi connectivity index (χ2n) is 4.42. The highest BCUT2D eigenvalue weighted by Gasteiger charge is 2.04. The minimum Gasteiger partial charge on any atom is -0.380 e. The third-order valence-electron chi connectivity index (χ3n) is 2.29. The van der Waals surface area contributed by atoms with Crippen LogP contribution >= 0.6 is 0 Å². The van der Waals surface area contributed by atoms with Crippen LogP contribution in [0.25, 0.3) is 0 Å². The van der Waals surface area contributed by atoms with E-state index >= 15 is 0 Å². The van der Waals surface area contributed by atoms with Crippen molar-refractivity contribution in [3.8, 4) is 0 Å². The standard InChI is InChI=1S/C11H21N3/c1-9(2)5-6-10(3)13-11-7-12-14(4)8-11/h7-10,13H,5-6H2,1-4H3. The van der Waals surface area contributed by atoms with Gasteiger partial charge in [0, 0.05) is 19.3 Å². The quantitative estimate of drug-likeness (QED) is 0.782. The Balaban J connectivity index is 2.30. The smallest absolute Gasteiger partial charge is 0.0728 e. The Morgan fingerprint density at radius 1 is 1.36 bits per heavy atom. The largest absolute Gasteiger partial charge is 0.380 e. The Bertz CT molecular complexity index is 265. The SMILES string of the molecule is CC(C)CCC(C)Nc1cnn(C)c1. The molecule has 1 unspecified atom stereocenters. The number of hydrogen-bond acceptors (Lipinski definition) is 2. The molecule has 80 valence electrons. The van der Waals surface area contributed by atoms with Gasteiger partial charge in [0.25, 0.3) is 0 Å². The summed E-state index contributed by atoms with van der Waals surface area (Å²) in [5.41, 5.74) is 1.11. The fraction of sp³-hybridized carbons (Fsp3) is 0.727. The molecule has 0 fully saturated rings. The van der Waals surface area contributed by atoms with Gasteiger partial charge in [-0.1, -0.05) is 13.8 Å². The van der Waals surface area contributed by atoms with E-state index < -0.39 is 0 Å². The van der Waals surface area contributed by atoms with Crippen LogP contribution in [0.5, 0.6) is 0 Å². The predicted octanol–water partition coefficient (Wildman–Crippen LogP) is 2.66. The first kappa shape index (κ1) is 11.1. The Labute approximate surface area is 86.5 Å². The second kappa shape index (κ2) is 5.03. The Morgan fingerprint density at radius 3 is 2.57 bits per heavy atom. The van der Waals surface area contributed by atoms with Gasteiger partial charge in [-0.05, 0) is 25.7 Å². The number of aromatic nitrogens is 2. The number of rotatable bonds is 5. The molecule has 1 heterocycles. The maximum absolute atomic E-state index is 4.12. The zero-order chi connectivity index (χ0) is 10.6. The van der Waals surface area contributed by atoms with Crippen molar-refractivity contribution < 1.29 is 0 Å². The van der Waals surface area contributed by atoms with Crippen LogP contribution in [-0.2, 0) is 7.05 Å². The number of hydrogen-bond donors (Lipinski definition) is 1. The summed E-state index contributed by atoms with van der Waals surface area (Å²) in [5, 5.41) is 7.55. The Morgan fingerprint density at radius 2 is 2.07 bits per heavy atom. The zero-order valence-electron chi connectivity index (χ0n) is 9.62. The Kier molecular flexibility index (Phi) is 3.98. The monoisotopic (exact) mass is 195 g/mol. The molecule has 1 aromatic rings. The van der Waals surface area contributed by atoms with Crippen molar-refractivity contribution in [2.75, 3.05) is 5.32 Å². The average Bonchev–Trinajstić information content (AvgIpc) is 2.48. The molecule has 0 spiro atoms. The van der Waals surface area contributed by atoms with Crippen molar-refractivity contribution in [1.82, 2.24) is 9.78 Å². The van der Waals surface area contributed by atoms with E-state index in [-0.39, 0.29) is 0 Å².